The van der Waals surface area contributed by atoms with Crippen LogP contribution in [0.3, 0.4) is 0 Å². The van der Waals surface area contributed by atoms with Crippen LogP contribution in [0.1, 0.15) is 45.4 Å². The van der Waals surface area contributed by atoms with Crippen LogP contribution in [-0.4, -0.2) is 23.1 Å². The number of halogens is 1. The van der Waals surface area contributed by atoms with Gasteiger partial charge in [0.25, 0.3) is 0 Å². The first-order valence-corrected chi connectivity index (χ1v) is 8.00. The topological polar surface area (TPSA) is 49.8 Å². The Kier molecular flexibility index (Phi) is 5.43. The third-order valence-corrected chi connectivity index (χ3v) is 4.76. The second kappa shape index (κ2) is 7.08. The van der Waals surface area contributed by atoms with Crippen LogP contribution in [0.4, 0.5) is 11.6 Å². The molecule has 19 heavy (non-hydrogen) atoms. The monoisotopic (exact) mass is 326 g/mol. The summed E-state index contributed by atoms with van der Waals surface area (Å²) in [6.07, 6.45) is 9.56. The fraction of sp³-hybridized carbons (Fsp3) is 0.714. The van der Waals surface area contributed by atoms with E-state index in [1.54, 1.807) is 6.33 Å². The molecule has 1 atom stereocenters. The molecule has 0 saturated heterocycles. The van der Waals surface area contributed by atoms with Crippen LogP contribution in [0.2, 0.25) is 0 Å². The molecule has 1 heterocycles. The molecular formula is C14H23BrN4. The van der Waals surface area contributed by atoms with Crippen LogP contribution in [-0.2, 0) is 0 Å². The predicted octanol–water partition coefficient (Wildman–Crippen LogP) is 4.05. The van der Waals surface area contributed by atoms with Crippen molar-refractivity contribution >= 4 is 27.6 Å². The second-order valence-corrected chi connectivity index (χ2v) is 5.99. The minimum absolute atomic E-state index is 0.510. The first-order chi connectivity index (χ1) is 9.26. The summed E-state index contributed by atoms with van der Waals surface area (Å²) < 4.78 is 0.923. The highest BCUT2D eigenvalue weighted by Crippen LogP contribution is 2.32. The number of hydrogen-bond acceptors (Lipinski definition) is 4. The van der Waals surface area contributed by atoms with Crippen LogP contribution in [0, 0.1) is 5.92 Å². The van der Waals surface area contributed by atoms with Crippen LogP contribution in [0.15, 0.2) is 10.8 Å². The van der Waals surface area contributed by atoms with Gasteiger partial charge in [-0.05, 0) is 41.1 Å². The Morgan fingerprint density at radius 1 is 1.26 bits per heavy atom. The van der Waals surface area contributed by atoms with Crippen LogP contribution in [0.25, 0.3) is 0 Å². The van der Waals surface area contributed by atoms with E-state index in [1.807, 2.05) is 7.05 Å². The van der Waals surface area contributed by atoms with Gasteiger partial charge in [-0.25, -0.2) is 9.97 Å². The van der Waals surface area contributed by atoms with E-state index in [0.717, 1.165) is 28.4 Å². The van der Waals surface area contributed by atoms with Gasteiger partial charge in [0, 0.05) is 13.1 Å². The Hall–Kier alpha value is -0.840. The van der Waals surface area contributed by atoms with Gasteiger partial charge in [-0.1, -0.05) is 26.2 Å². The molecule has 1 aliphatic carbocycles. The molecule has 1 fully saturated rings. The van der Waals surface area contributed by atoms with Gasteiger partial charge in [-0.2, -0.15) is 0 Å². The summed E-state index contributed by atoms with van der Waals surface area (Å²) in [4.78, 5) is 8.55. The standard InChI is InChI=1S/C14H23BrN4/c1-3-11(10-7-5-4-6-8-10)19-14-12(15)13(16-2)17-9-18-14/h9-11H,3-8H2,1-2H3,(H2,16,17,18,19). The van der Waals surface area contributed by atoms with Gasteiger partial charge in [-0.15, -0.1) is 0 Å². The summed E-state index contributed by atoms with van der Waals surface area (Å²) in [6.45, 7) is 2.25. The van der Waals surface area contributed by atoms with Crippen molar-refractivity contribution in [3.63, 3.8) is 0 Å². The predicted molar refractivity (Wildman–Crippen MR) is 83.6 cm³/mol. The molecule has 0 radical (unpaired) electrons. The van der Waals surface area contributed by atoms with Crippen molar-refractivity contribution in [1.29, 1.82) is 0 Å². The lowest BCUT2D eigenvalue weighted by Gasteiger charge is -2.31. The number of anilines is 2. The lowest BCUT2D eigenvalue weighted by atomic mass is 9.83. The zero-order chi connectivity index (χ0) is 13.7. The molecule has 0 bridgehead atoms. The lowest BCUT2D eigenvalue weighted by molar-refractivity contribution is 0.312. The number of nitrogens with one attached hydrogen (secondary N) is 2. The fourth-order valence-corrected chi connectivity index (χ4v) is 3.43. The highest BCUT2D eigenvalue weighted by molar-refractivity contribution is 9.10. The highest BCUT2D eigenvalue weighted by Gasteiger charge is 2.23. The quantitative estimate of drug-likeness (QED) is 0.856. The zero-order valence-electron chi connectivity index (χ0n) is 11.7. The smallest absolute Gasteiger partial charge is 0.146 e. The molecule has 1 unspecified atom stereocenters. The molecule has 0 spiro atoms. The number of rotatable bonds is 5. The Bertz CT molecular complexity index is 404. The molecule has 5 heteroatoms. The van der Waals surface area contributed by atoms with E-state index in [0.29, 0.717) is 6.04 Å². The maximum atomic E-state index is 4.36. The Morgan fingerprint density at radius 3 is 2.58 bits per heavy atom. The Morgan fingerprint density at radius 2 is 1.95 bits per heavy atom. The Labute approximate surface area is 123 Å². The summed E-state index contributed by atoms with van der Waals surface area (Å²) >= 11 is 3.57. The zero-order valence-corrected chi connectivity index (χ0v) is 13.3. The van der Waals surface area contributed by atoms with Crippen molar-refractivity contribution < 1.29 is 0 Å². The first-order valence-electron chi connectivity index (χ1n) is 7.21. The molecule has 0 aliphatic heterocycles. The molecule has 0 amide bonds. The van der Waals surface area contributed by atoms with Gasteiger partial charge in [0.2, 0.25) is 0 Å². The number of aromatic nitrogens is 2. The van der Waals surface area contributed by atoms with E-state index in [1.165, 1.54) is 32.1 Å². The highest BCUT2D eigenvalue weighted by atomic mass is 79.9. The molecule has 0 aromatic carbocycles. The molecule has 2 rings (SSSR count). The first kappa shape index (κ1) is 14.6. The molecular weight excluding hydrogens is 304 g/mol. The molecule has 4 nitrogen and oxygen atoms in total. The van der Waals surface area contributed by atoms with Crippen LogP contribution in [0.5, 0.6) is 0 Å². The molecule has 1 aliphatic rings. The van der Waals surface area contributed by atoms with E-state index in [4.69, 9.17) is 0 Å². The molecule has 106 valence electrons. The van der Waals surface area contributed by atoms with Crippen molar-refractivity contribution in [1.82, 2.24) is 9.97 Å². The molecule has 1 aromatic heterocycles. The van der Waals surface area contributed by atoms with Crippen molar-refractivity contribution in [2.24, 2.45) is 5.92 Å². The third-order valence-electron chi connectivity index (χ3n) is 4.01. The Balaban J connectivity index is 2.09. The summed E-state index contributed by atoms with van der Waals surface area (Å²) in [5.74, 6) is 2.51. The largest absolute Gasteiger partial charge is 0.372 e. The SMILES string of the molecule is CCC(Nc1ncnc(NC)c1Br)C1CCCCC1. The van der Waals surface area contributed by atoms with Gasteiger partial charge in [-0.3, -0.25) is 0 Å². The van der Waals surface area contributed by atoms with E-state index in [-0.39, 0.29) is 0 Å². The average molecular weight is 327 g/mol. The van der Waals surface area contributed by atoms with Crippen molar-refractivity contribution in [2.45, 2.75) is 51.5 Å². The number of hydrogen-bond donors (Lipinski definition) is 2. The third kappa shape index (κ3) is 3.59. The van der Waals surface area contributed by atoms with Gasteiger partial charge in [0.05, 0.1) is 0 Å². The number of nitrogens with zero attached hydrogens (tertiary/aromatic N) is 2. The van der Waals surface area contributed by atoms with Gasteiger partial charge >= 0.3 is 0 Å². The van der Waals surface area contributed by atoms with Crippen molar-refractivity contribution in [2.75, 3.05) is 17.7 Å². The molecule has 1 aromatic rings. The summed E-state index contributed by atoms with van der Waals surface area (Å²) in [5.41, 5.74) is 0. The summed E-state index contributed by atoms with van der Waals surface area (Å²) in [5, 5.41) is 6.67. The molecule has 2 N–H and O–H groups in total. The van der Waals surface area contributed by atoms with Crippen molar-refractivity contribution in [3.8, 4) is 0 Å². The fourth-order valence-electron chi connectivity index (χ4n) is 2.91. The maximum absolute atomic E-state index is 4.36. The van der Waals surface area contributed by atoms with Crippen LogP contribution < -0.4 is 10.6 Å². The molecule has 1 saturated carbocycles. The van der Waals surface area contributed by atoms with E-state index in [9.17, 15) is 0 Å². The van der Waals surface area contributed by atoms with E-state index < -0.39 is 0 Å². The minimum atomic E-state index is 0.510. The normalized spacial score (nSPS) is 18.1. The van der Waals surface area contributed by atoms with E-state index >= 15 is 0 Å². The maximum Gasteiger partial charge on any atom is 0.146 e. The summed E-state index contributed by atoms with van der Waals surface area (Å²) in [7, 11) is 1.87. The van der Waals surface area contributed by atoms with Gasteiger partial charge in [0.15, 0.2) is 0 Å². The second-order valence-electron chi connectivity index (χ2n) is 5.19. The van der Waals surface area contributed by atoms with E-state index in [2.05, 4.69) is 43.5 Å². The lowest BCUT2D eigenvalue weighted by Crippen LogP contribution is -2.30. The van der Waals surface area contributed by atoms with Crippen molar-refractivity contribution in [3.05, 3.63) is 10.8 Å². The van der Waals surface area contributed by atoms with Gasteiger partial charge in [0.1, 0.15) is 22.4 Å². The van der Waals surface area contributed by atoms with Gasteiger partial charge < -0.3 is 10.6 Å². The minimum Gasteiger partial charge on any atom is -0.372 e. The average Bonchev–Trinajstić information content (AvgIpc) is 2.47. The summed E-state index contributed by atoms with van der Waals surface area (Å²) in [6, 6.07) is 0.510. The van der Waals surface area contributed by atoms with Crippen LogP contribution >= 0.6 is 15.9 Å².